The number of aliphatic hydroxyl groups is 1. The van der Waals surface area contributed by atoms with E-state index in [0.29, 0.717) is 18.9 Å². The molecule has 1 fully saturated rings. The van der Waals surface area contributed by atoms with Crippen molar-refractivity contribution in [2.75, 3.05) is 44.2 Å². The highest BCUT2D eigenvalue weighted by molar-refractivity contribution is 5.57. The van der Waals surface area contributed by atoms with Gasteiger partial charge in [-0.05, 0) is 43.2 Å². The Kier molecular flexibility index (Phi) is 6.01. The molecule has 26 heavy (non-hydrogen) atoms. The normalized spacial score (nSPS) is 16.5. The fourth-order valence-corrected chi connectivity index (χ4v) is 3.30. The number of β-amino-alcohol motifs (C(OH)–C–C–N with tert-alkyl or cyclic N) is 1. The predicted molar refractivity (Wildman–Crippen MR) is 104 cm³/mol. The Morgan fingerprint density at radius 3 is 2.50 bits per heavy atom. The molecule has 0 bridgehead atoms. The first-order valence-electron chi connectivity index (χ1n) is 9.16. The van der Waals surface area contributed by atoms with Gasteiger partial charge in [-0.2, -0.15) is 0 Å². The molecule has 2 aromatic rings. The van der Waals surface area contributed by atoms with Crippen LogP contribution in [0.1, 0.15) is 11.1 Å². The zero-order chi connectivity index (χ0) is 18.5. The number of phenols is 1. The summed E-state index contributed by atoms with van der Waals surface area (Å²) in [5.41, 5.74) is 3.12. The largest absolute Gasteiger partial charge is 0.506 e. The molecule has 2 aromatic carbocycles. The molecule has 1 aliphatic rings. The Balaban J connectivity index is 1.45. The van der Waals surface area contributed by atoms with Gasteiger partial charge in [0.25, 0.3) is 0 Å². The minimum absolute atomic E-state index is 0.296. The van der Waals surface area contributed by atoms with E-state index >= 15 is 0 Å². The van der Waals surface area contributed by atoms with Crippen LogP contribution < -0.4 is 9.64 Å². The lowest BCUT2D eigenvalue weighted by molar-refractivity contribution is 0.0660. The Bertz CT molecular complexity index is 727. The number of nitrogens with zero attached hydrogens (tertiary/aromatic N) is 2. The van der Waals surface area contributed by atoms with Crippen LogP contribution in [-0.4, -0.2) is 60.5 Å². The third-order valence-electron chi connectivity index (χ3n) is 4.84. The summed E-state index contributed by atoms with van der Waals surface area (Å²) in [6.45, 7) is 8.32. The van der Waals surface area contributed by atoms with E-state index in [1.54, 1.807) is 6.07 Å². The first-order valence-corrected chi connectivity index (χ1v) is 9.16. The van der Waals surface area contributed by atoms with Crippen molar-refractivity contribution in [3.63, 3.8) is 0 Å². The molecule has 0 aliphatic carbocycles. The number of para-hydroxylation sites is 2. The number of benzene rings is 2. The second kappa shape index (κ2) is 8.43. The summed E-state index contributed by atoms with van der Waals surface area (Å²) in [4.78, 5) is 4.43. The average molecular weight is 356 g/mol. The molecule has 0 saturated carbocycles. The molecule has 3 rings (SSSR count). The summed E-state index contributed by atoms with van der Waals surface area (Å²) >= 11 is 0. The maximum Gasteiger partial charge on any atom is 0.138 e. The number of rotatable bonds is 6. The number of aromatic hydroxyl groups is 1. The highest BCUT2D eigenvalue weighted by Crippen LogP contribution is 2.27. The smallest absolute Gasteiger partial charge is 0.138 e. The lowest BCUT2D eigenvalue weighted by atomic mass is 10.1. The van der Waals surface area contributed by atoms with Crippen molar-refractivity contribution >= 4 is 5.69 Å². The molecule has 1 saturated heterocycles. The first-order chi connectivity index (χ1) is 12.5. The molecule has 1 atom stereocenters. The van der Waals surface area contributed by atoms with Crippen LogP contribution in [0.25, 0.3) is 0 Å². The van der Waals surface area contributed by atoms with Crippen molar-refractivity contribution in [2.24, 2.45) is 0 Å². The van der Waals surface area contributed by atoms with Gasteiger partial charge in [0.05, 0.1) is 5.69 Å². The molecule has 2 N–H and O–H groups in total. The fraction of sp³-hybridized carbons (Fsp3) is 0.429. The highest BCUT2D eigenvalue weighted by Gasteiger charge is 2.21. The van der Waals surface area contributed by atoms with Gasteiger partial charge in [-0.15, -0.1) is 0 Å². The molecule has 0 aromatic heterocycles. The van der Waals surface area contributed by atoms with Crippen molar-refractivity contribution in [3.8, 4) is 11.5 Å². The average Bonchev–Trinajstić information content (AvgIpc) is 2.64. The molecule has 5 heteroatoms. The number of piperazine rings is 1. The van der Waals surface area contributed by atoms with Crippen LogP contribution in [0.2, 0.25) is 0 Å². The van der Waals surface area contributed by atoms with Crippen LogP contribution in [0.4, 0.5) is 5.69 Å². The minimum Gasteiger partial charge on any atom is -0.506 e. The van der Waals surface area contributed by atoms with Gasteiger partial charge in [-0.1, -0.05) is 24.3 Å². The highest BCUT2D eigenvalue weighted by atomic mass is 16.5. The Labute approximate surface area is 155 Å². The van der Waals surface area contributed by atoms with Gasteiger partial charge in [-0.25, -0.2) is 0 Å². The first kappa shape index (κ1) is 18.5. The van der Waals surface area contributed by atoms with Crippen molar-refractivity contribution in [2.45, 2.75) is 20.0 Å². The molecule has 1 aliphatic heterocycles. The Hall–Kier alpha value is -2.24. The zero-order valence-electron chi connectivity index (χ0n) is 15.6. The van der Waals surface area contributed by atoms with E-state index in [0.717, 1.165) is 48.7 Å². The topological polar surface area (TPSA) is 56.2 Å². The molecule has 1 unspecified atom stereocenters. The van der Waals surface area contributed by atoms with Crippen LogP contribution >= 0.6 is 0 Å². The van der Waals surface area contributed by atoms with Crippen LogP contribution in [-0.2, 0) is 0 Å². The van der Waals surface area contributed by atoms with Crippen molar-refractivity contribution < 1.29 is 14.9 Å². The molecule has 0 radical (unpaired) electrons. The molecular formula is C21H28N2O3. The fourth-order valence-electron chi connectivity index (χ4n) is 3.30. The summed E-state index contributed by atoms with van der Waals surface area (Å²) in [5, 5.41) is 20.3. The van der Waals surface area contributed by atoms with Crippen molar-refractivity contribution in [1.82, 2.24) is 4.90 Å². The third-order valence-corrected chi connectivity index (χ3v) is 4.84. The maximum atomic E-state index is 10.3. The summed E-state index contributed by atoms with van der Waals surface area (Å²) in [5.74, 6) is 1.16. The SMILES string of the molecule is Cc1ccc(C)c(OCC(O)CN2CCN(c3ccccc3O)CC2)c1. The van der Waals surface area contributed by atoms with Crippen LogP contribution in [0.5, 0.6) is 11.5 Å². The molecule has 0 amide bonds. The number of hydrogen-bond donors (Lipinski definition) is 2. The lowest BCUT2D eigenvalue weighted by Gasteiger charge is -2.37. The number of ether oxygens (including phenoxy) is 1. The summed E-state index contributed by atoms with van der Waals surface area (Å²) in [6, 6.07) is 13.5. The van der Waals surface area contributed by atoms with E-state index in [4.69, 9.17) is 4.74 Å². The molecule has 0 spiro atoms. The van der Waals surface area contributed by atoms with Crippen molar-refractivity contribution in [1.29, 1.82) is 0 Å². The molecule has 1 heterocycles. The summed E-state index contributed by atoms with van der Waals surface area (Å²) in [7, 11) is 0. The van der Waals surface area contributed by atoms with Gasteiger partial charge in [0.1, 0.15) is 24.2 Å². The van der Waals surface area contributed by atoms with Gasteiger partial charge in [-0.3, -0.25) is 4.90 Å². The second-order valence-electron chi connectivity index (χ2n) is 7.01. The quantitative estimate of drug-likeness (QED) is 0.833. The maximum absolute atomic E-state index is 10.3. The number of aryl methyl sites for hydroxylation is 2. The Morgan fingerprint density at radius 1 is 1.04 bits per heavy atom. The predicted octanol–water partition coefficient (Wildman–Crippen LogP) is 2.57. The number of aliphatic hydroxyl groups excluding tert-OH is 1. The second-order valence-corrected chi connectivity index (χ2v) is 7.01. The third kappa shape index (κ3) is 4.68. The van der Waals surface area contributed by atoms with E-state index in [1.807, 2.05) is 44.2 Å². The summed E-state index contributed by atoms with van der Waals surface area (Å²) in [6.07, 6.45) is -0.522. The van der Waals surface area contributed by atoms with E-state index in [9.17, 15) is 10.2 Å². The lowest BCUT2D eigenvalue weighted by Crippen LogP contribution is -2.49. The van der Waals surface area contributed by atoms with E-state index in [1.165, 1.54) is 0 Å². The van der Waals surface area contributed by atoms with Crippen LogP contribution in [0.15, 0.2) is 42.5 Å². The van der Waals surface area contributed by atoms with Gasteiger partial charge >= 0.3 is 0 Å². The molecular weight excluding hydrogens is 328 g/mol. The van der Waals surface area contributed by atoms with Crippen molar-refractivity contribution in [3.05, 3.63) is 53.6 Å². The number of hydrogen-bond acceptors (Lipinski definition) is 5. The summed E-state index contributed by atoms with van der Waals surface area (Å²) < 4.78 is 5.81. The number of anilines is 1. The van der Waals surface area contributed by atoms with Gasteiger partial charge in [0.15, 0.2) is 0 Å². The zero-order valence-corrected chi connectivity index (χ0v) is 15.6. The van der Waals surface area contributed by atoms with Gasteiger partial charge in [0, 0.05) is 32.7 Å². The van der Waals surface area contributed by atoms with Gasteiger partial charge in [0.2, 0.25) is 0 Å². The monoisotopic (exact) mass is 356 g/mol. The Morgan fingerprint density at radius 2 is 1.77 bits per heavy atom. The van der Waals surface area contributed by atoms with Gasteiger partial charge < -0.3 is 19.8 Å². The van der Waals surface area contributed by atoms with E-state index in [-0.39, 0.29) is 0 Å². The minimum atomic E-state index is -0.522. The molecule has 140 valence electrons. The van der Waals surface area contributed by atoms with E-state index in [2.05, 4.69) is 15.9 Å². The standard InChI is InChI=1S/C21H28N2O3/c1-16-7-8-17(2)21(13-16)26-15-18(24)14-22-9-11-23(12-10-22)19-5-3-4-6-20(19)25/h3-8,13,18,24-25H,9-12,14-15H2,1-2H3. The number of phenolic OH excluding ortho intramolecular Hbond substituents is 1. The van der Waals surface area contributed by atoms with Crippen LogP contribution in [0, 0.1) is 13.8 Å². The molecule has 5 nitrogen and oxygen atoms in total. The van der Waals surface area contributed by atoms with Crippen LogP contribution in [0.3, 0.4) is 0 Å². The van der Waals surface area contributed by atoms with E-state index < -0.39 is 6.10 Å².